The average molecular weight is 247 g/mol. The predicted octanol–water partition coefficient (Wildman–Crippen LogP) is 1.17. The maximum atomic E-state index is 12.1. The van der Waals surface area contributed by atoms with E-state index in [1.54, 1.807) is 36.3 Å². The summed E-state index contributed by atoms with van der Waals surface area (Å²) in [7, 11) is 1.59. The number of nitrogens with zero attached hydrogens (tertiary/aromatic N) is 1. The predicted molar refractivity (Wildman–Crippen MR) is 70.3 cm³/mol. The van der Waals surface area contributed by atoms with Crippen molar-refractivity contribution in [3.05, 3.63) is 24.3 Å². The summed E-state index contributed by atoms with van der Waals surface area (Å²) in [6.45, 7) is 3.72. The Morgan fingerprint density at radius 3 is 2.28 bits per heavy atom. The molecule has 2 rings (SSSR count). The summed E-state index contributed by atoms with van der Waals surface area (Å²) < 4.78 is 5.08. The second kappa shape index (κ2) is 4.10. The fraction of sp³-hybridized carbons (Fsp3) is 0.385. The molecule has 5 nitrogen and oxygen atoms in total. The van der Waals surface area contributed by atoms with Gasteiger partial charge in [-0.15, -0.1) is 0 Å². The van der Waals surface area contributed by atoms with Gasteiger partial charge in [-0.3, -0.25) is 15.1 Å². The molecule has 0 bridgehead atoms. The molecule has 18 heavy (non-hydrogen) atoms. The Hall–Kier alpha value is -1.88. The summed E-state index contributed by atoms with van der Waals surface area (Å²) in [5.41, 5.74) is 6.00. The van der Waals surface area contributed by atoms with Gasteiger partial charge in [0.2, 0.25) is 0 Å². The van der Waals surface area contributed by atoms with Crippen molar-refractivity contribution in [2.24, 2.45) is 5.73 Å². The topological polar surface area (TPSA) is 79.4 Å². The molecule has 1 heterocycles. The molecule has 1 saturated heterocycles. The molecule has 0 aliphatic carbocycles. The lowest BCUT2D eigenvalue weighted by Gasteiger charge is -2.33. The number of anilines is 1. The van der Waals surface area contributed by atoms with Crippen LogP contribution in [0.3, 0.4) is 0 Å². The Labute approximate surface area is 106 Å². The molecule has 0 saturated carbocycles. The van der Waals surface area contributed by atoms with Crippen LogP contribution in [0.15, 0.2) is 24.3 Å². The van der Waals surface area contributed by atoms with Crippen LogP contribution in [-0.4, -0.2) is 30.3 Å². The molecule has 0 radical (unpaired) electrons. The zero-order chi connectivity index (χ0) is 13.5. The Balaban J connectivity index is 2.42. The normalized spacial score (nSPS) is 22.4. The molecule has 1 amide bonds. The van der Waals surface area contributed by atoms with Gasteiger partial charge in [-0.25, -0.2) is 0 Å². The summed E-state index contributed by atoms with van der Waals surface area (Å²) in [5, 5.41) is 7.73. The lowest BCUT2D eigenvalue weighted by Crippen LogP contribution is -2.50. The zero-order valence-corrected chi connectivity index (χ0v) is 10.7. The third-order valence-electron chi connectivity index (χ3n) is 3.41. The second-order valence-electron chi connectivity index (χ2n) is 4.88. The Morgan fingerprint density at radius 2 is 1.89 bits per heavy atom. The summed E-state index contributed by atoms with van der Waals surface area (Å²) >= 11 is 0. The van der Waals surface area contributed by atoms with E-state index in [0.29, 0.717) is 0 Å². The molecule has 1 aliphatic rings. The average Bonchev–Trinajstić information content (AvgIpc) is 2.51. The first kappa shape index (κ1) is 12.6. The maximum Gasteiger partial charge on any atom is 0.274 e. The highest BCUT2D eigenvalue weighted by atomic mass is 16.5. The maximum absolute atomic E-state index is 12.1. The standard InChI is InChI=1S/C13H17N3O2/c1-13(2)11(15)10(14)12(17)16(13)8-4-6-9(18-3)7-5-8/h4-7,11,14H,15H2,1-3H3/t11-/m1/s1. The molecule has 0 aromatic heterocycles. The van der Waals surface area contributed by atoms with Gasteiger partial charge in [-0.1, -0.05) is 0 Å². The second-order valence-corrected chi connectivity index (χ2v) is 4.88. The molecule has 1 aliphatic heterocycles. The highest BCUT2D eigenvalue weighted by Crippen LogP contribution is 2.33. The third kappa shape index (κ3) is 1.67. The van der Waals surface area contributed by atoms with E-state index < -0.39 is 11.6 Å². The minimum atomic E-state index is -0.594. The van der Waals surface area contributed by atoms with E-state index in [1.807, 2.05) is 13.8 Å². The first-order valence-electron chi connectivity index (χ1n) is 5.72. The van der Waals surface area contributed by atoms with Crippen LogP contribution in [0.4, 0.5) is 5.69 Å². The van der Waals surface area contributed by atoms with E-state index in [2.05, 4.69) is 0 Å². The van der Waals surface area contributed by atoms with E-state index in [0.717, 1.165) is 11.4 Å². The summed E-state index contributed by atoms with van der Waals surface area (Å²) in [5.74, 6) is 0.389. The quantitative estimate of drug-likeness (QED) is 0.823. The molecule has 1 aromatic carbocycles. The van der Waals surface area contributed by atoms with E-state index in [1.165, 1.54) is 0 Å². The largest absolute Gasteiger partial charge is 0.497 e. The number of rotatable bonds is 2. The molecule has 3 N–H and O–H groups in total. The van der Waals surface area contributed by atoms with Crippen molar-refractivity contribution in [3.8, 4) is 5.75 Å². The van der Waals surface area contributed by atoms with Gasteiger partial charge in [-0.2, -0.15) is 0 Å². The molecule has 5 heteroatoms. The molecule has 0 spiro atoms. The van der Waals surface area contributed by atoms with Gasteiger partial charge in [0.05, 0.1) is 18.7 Å². The number of hydrogen-bond acceptors (Lipinski definition) is 4. The van der Waals surface area contributed by atoms with Gasteiger partial charge in [-0.05, 0) is 38.1 Å². The molecule has 0 unspecified atom stereocenters. The molecule has 96 valence electrons. The summed E-state index contributed by atoms with van der Waals surface area (Å²) in [4.78, 5) is 13.6. The highest BCUT2D eigenvalue weighted by molar-refractivity contribution is 6.47. The van der Waals surface area contributed by atoms with Gasteiger partial charge in [0.1, 0.15) is 11.5 Å². The van der Waals surface area contributed by atoms with Crippen molar-refractivity contribution < 1.29 is 9.53 Å². The van der Waals surface area contributed by atoms with Gasteiger partial charge in [0.15, 0.2) is 0 Å². The number of methoxy groups -OCH3 is 1. The van der Waals surface area contributed by atoms with E-state index in [9.17, 15) is 4.79 Å². The molecular formula is C13H17N3O2. The van der Waals surface area contributed by atoms with Crippen molar-refractivity contribution in [1.29, 1.82) is 5.41 Å². The first-order valence-corrected chi connectivity index (χ1v) is 5.72. The van der Waals surface area contributed by atoms with Crippen molar-refractivity contribution in [2.45, 2.75) is 25.4 Å². The molecule has 1 fully saturated rings. The number of nitrogens with two attached hydrogens (primary N) is 1. The van der Waals surface area contributed by atoms with Crippen LogP contribution in [0.2, 0.25) is 0 Å². The van der Waals surface area contributed by atoms with Crippen LogP contribution in [0.1, 0.15) is 13.8 Å². The Bertz CT molecular complexity index is 493. The fourth-order valence-corrected chi connectivity index (χ4v) is 2.19. The number of benzene rings is 1. The van der Waals surface area contributed by atoms with Crippen LogP contribution < -0.4 is 15.4 Å². The number of carbonyl (C=O) groups excluding carboxylic acids is 1. The van der Waals surface area contributed by atoms with Crippen molar-refractivity contribution in [2.75, 3.05) is 12.0 Å². The number of nitrogens with one attached hydrogen (secondary N) is 1. The van der Waals surface area contributed by atoms with Crippen molar-refractivity contribution in [1.82, 2.24) is 0 Å². The summed E-state index contributed by atoms with van der Waals surface area (Å²) in [6, 6.07) is 6.58. The van der Waals surface area contributed by atoms with Gasteiger partial charge < -0.3 is 10.5 Å². The minimum absolute atomic E-state index is 0.0455. The van der Waals surface area contributed by atoms with Crippen LogP contribution in [0.25, 0.3) is 0 Å². The highest BCUT2D eigenvalue weighted by Gasteiger charge is 2.49. The van der Waals surface area contributed by atoms with Gasteiger partial charge >= 0.3 is 0 Å². The molecule has 1 aromatic rings. The monoisotopic (exact) mass is 247 g/mol. The van der Waals surface area contributed by atoms with E-state index in [4.69, 9.17) is 15.9 Å². The van der Waals surface area contributed by atoms with Crippen molar-refractivity contribution >= 4 is 17.3 Å². The van der Waals surface area contributed by atoms with Crippen LogP contribution >= 0.6 is 0 Å². The molecular weight excluding hydrogens is 230 g/mol. The van der Waals surface area contributed by atoms with Crippen LogP contribution in [0, 0.1) is 5.41 Å². The number of carbonyl (C=O) groups is 1. The van der Waals surface area contributed by atoms with E-state index >= 15 is 0 Å². The Kier molecular flexibility index (Phi) is 2.86. The van der Waals surface area contributed by atoms with E-state index in [-0.39, 0.29) is 11.6 Å². The van der Waals surface area contributed by atoms with Crippen molar-refractivity contribution in [3.63, 3.8) is 0 Å². The number of ether oxygens (including phenoxy) is 1. The van der Waals surface area contributed by atoms with Crippen LogP contribution in [0.5, 0.6) is 5.75 Å². The number of amides is 1. The SMILES string of the molecule is COc1ccc(N2C(=O)C(=N)[C@@H](N)C2(C)C)cc1. The van der Waals surface area contributed by atoms with Gasteiger partial charge in [0, 0.05) is 5.69 Å². The third-order valence-corrected chi connectivity index (χ3v) is 3.41. The first-order chi connectivity index (χ1) is 8.39. The zero-order valence-electron chi connectivity index (χ0n) is 10.7. The number of hydrogen-bond donors (Lipinski definition) is 2. The lowest BCUT2D eigenvalue weighted by atomic mass is 9.95. The Morgan fingerprint density at radius 1 is 1.33 bits per heavy atom. The lowest BCUT2D eigenvalue weighted by molar-refractivity contribution is -0.112. The fourth-order valence-electron chi connectivity index (χ4n) is 2.19. The van der Waals surface area contributed by atoms with Crippen LogP contribution in [-0.2, 0) is 4.79 Å². The summed E-state index contributed by atoms with van der Waals surface area (Å²) in [6.07, 6.45) is 0. The van der Waals surface area contributed by atoms with Gasteiger partial charge in [0.25, 0.3) is 5.91 Å². The minimum Gasteiger partial charge on any atom is -0.497 e. The molecule has 1 atom stereocenters. The smallest absolute Gasteiger partial charge is 0.274 e.